The first-order valence-electron chi connectivity index (χ1n) is 48.9. The van der Waals surface area contributed by atoms with Crippen LogP contribution in [0.4, 0.5) is 0 Å². The number of carboxylic acids is 2. The van der Waals surface area contributed by atoms with Crippen molar-refractivity contribution >= 4 is 154 Å². The number of primary amides is 4. The Morgan fingerprint density at radius 2 is 0.745 bits per heavy atom. The normalized spacial score (nSPS) is 17.4. The lowest BCUT2D eigenvalue weighted by atomic mass is 9.96. The SMILES string of the molecule is CC[C@H](C)[C@H](N)C(=O)N[C@H](C(=O)NCC(=O)N[C@@H](Cc1ccccc1)C(=O)N[C@@H](CCC(N)=O)C(=O)N[C@H](C(=O)N[C@@H](CC(=O)O)C(=O)N[C@@H](C)C(=O)N[C@H](C(=O)N1CCC[C@H]1C(=O)N[C@@H](C)C(=O)N[C@@H](CC(N)=O)C(=O)NCC(=O)N[C@@H](CCC(N)=O)C(=O)N[C@H](C(=O)N1CCC[C@H]1C(=O)N[C@H](C(=O)N[C@@H](CCC(N)=O)C(=O)N[C@@H](CCCNC(=N)N)C(=O)N[C@H](C(=O)O)[C@@H](C)O)[C@@H](C)CC)[C@@H](C)O)C(C)C)C(C)C)[C@@H](C)O. The fourth-order valence-electron chi connectivity index (χ4n) is 15.4. The quantitative estimate of drug-likeness (QED) is 0.0164. The van der Waals surface area contributed by atoms with E-state index >= 15 is 0 Å². The predicted octanol–water partition coefficient (Wildman–Crippen LogP) is -11.9. The molecule has 0 aromatic heterocycles. The van der Waals surface area contributed by atoms with E-state index in [1.165, 1.54) is 34.6 Å². The second-order valence-electron chi connectivity index (χ2n) is 37.5. The van der Waals surface area contributed by atoms with Crippen molar-refractivity contribution in [2.45, 2.75) is 326 Å². The molecule has 2 heterocycles. The lowest BCUT2D eigenvalue weighted by Gasteiger charge is -2.32. The molecule has 0 aliphatic carbocycles. The highest BCUT2D eigenvalue weighted by atomic mass is 16.4. The maximum Gasteiger partial charge on any atom is 0.328 e. The van der Waals surface area contributed by atoms with Gasteiger partial charge in [-0.05, 0) is 122 Å². The zero-order chi connectivity index (χ0) is 113. The summed E-state index contributed by atoms with van der Waals surface area (Å²) in [4.78, 5) is 341. The molecule has 1 aromatic carbocycles. The van der Waals surface area contributed by atoms with Gasteiger partial charge in [-0.2, -0.15) is 0 Å². The molecule has 0 bridgehead atoms. The molecular weight excluding hydrogens is 1960 g/mol. The summed E-state index contributed by atoms with van der Waals surface area (Å²) in [5.41, 5.74) is 33.6. The van der Waals surface area contributed by atoms with Gasteiger partial charge in [-0.1, -0.05) is 98.6 Å². The fourth-order valence-corrected chi connectivity index (χ4v) is 15.4. The van der Waals surface area contributed by atoms with Gasteiger partial charge in [0.2, 0.25) is 136 Å². The van der Waals surface area contributed by atoms with E-state index in [1.807, 2.05) is 0 Å². The molecule has 149 heavy (non-hydrogen) atoms. The molecule has 832 valence electrons. The molecule has 0 spiro atoms. The molecule has 23 amide bonds. The molecule has 3 rings (SSSR count). The summed E-state index contributed by atoms with van der Waals surface area (Å²) >= 11 is 0. The maximum atomic E-state index is 14.5. The average Bonchev–Trinajstić information content (AvgIpc) is 1.70. The minimum atomic E-state index is -2.00. The Bertz CT molecular complexity index is 4910. The number of nitrogens with one attached hydrogen (secondary N) is 19. The number of hydrogen-bond donors (Lipinski definition) is 30. The van der Waals surface area contributed by atoms with Gasteiger partial charge in [0.15, 0.2) is 12.0 Å². The summed E-state index contributed by atoms with van der Waals surface area (Å²) in [5.74, 6) is -30.6. The van der Waals surface area contributed by atoms with E-state index in [4.69, 9.17) is 39.8 Å². The molecular formula is C92H149N27O30. The zero-order valence-corrected chi connectivity index (χ0v) is 85.7. The van der Waals surface area contributed by atoms with Crippen LogP contribution in [-0.2, 0) is 126 Å². The highest BCUT2D eigenvalue weighted by Gasteiger charge is 2.46. The number of guanidine groups is 1. The van der Waals surface area contributed by atoms with Crippen LogP contribution in [-0.4, -0.2) is 349 Å². The minimum Gasteiger partial charge on any atom is -0.481 e. The van der Waals surface area contributed by atoms with E-state index in [1.54, 1.807) is 58.0 Å². The van der Waals surface area contributed by atoms with Gasteiger partial charge < -0.3 is 165 Å². The monoisotopic (exact) mass is 2110 g/mol. The standard InChI is InChI=1S/C92H149N27O30/c1-14-43(7)67(97)85(142)115-71(47(11)120)86(143)102-40-65(128)106-55(36-50-22-17-16-18-23-50)82(139)108-54(29-32-62(95)125)80(137)112-68(41(3)4)87(144)111-57(38-66(129)130)81(138)103-46(10)75(132)113-69(42(5)6)89(146)118-34-20-25-58(118)83(140)104-45(9)74(131)110-56(37-63(96)126)76(133)101-39-64(127)105-52(27-30-60(93)123)79(136)116-72(48(12)121)90(147)119-35-21-26-59(119)84(141)114-70(44(8)15-2)88(145)109-53(28-31-61(94)124)77(134)107-51(24-19-33-100-92(98)99)78(135)117-73(49(13)122)91(148)149/h16-18,22-23,41-49,51-59,67-73,120-122H,14-15,19-21,24-40,97H2,1-13H3,(H2,93,123)(H2,94,124)(H2,95,125)(H2,96,126)(H,101,133)(H,102,143)(H,103,138)(H,104,140)(H,105,127)(H,106,128)(H,107,134)(H,108,139)(H,109,145)(H,110,131)(H,111,144)(H,112,137)(H,113,132)(H,114,141)(H,115,142)(H,116,136)(H,117,135)(H,129,130)(H,148,149)(H4,98,99,100)/t43-,44-,45-,46-,47+,48+,49+,51-,52-,53-,54-,55-,56-,57-,58-,59-,67-,68-,69-,70-,71-,72-,73-/m0/s1. The van der Waals surface area contributed by atoms with Crippen LogP contribution in [0.3, 0.4) is 0 Å². The summed E-state index contributed by atoms with van der Waals surface area (Å²) in [6, 6.07) is -21.0. The molecule has 2 aliphatic rings. The first kappa shape index (κ1) is 128. The number of carbonyl (C=O) groups excluding carboxylic acids is 23. The number of aliphatic hydroxyl groups excluding tert-OH is 3. The first-order chi connectivity index (χ1) is 69.7. The number of nitrogens with two attached hydrogens (primary N) is 6. The van der Waals surface area contributed by atoms with Crippen LogP contribution in [0.15, 0.2) is 30.3 Å². The van der Waals surface area contributed by atoms with Crippen LogP contribution in [0.1, 0.15) is 198 Å². The molecule has 1 aromatic rings. The average molecular weight is 2110 g/mol. The number of carbonyl (C=O) groups is 25. The van der Waals surface area contributed by atoms with Crippen molar-refractivity contribution in [3.63, 3.8) is 0 Å². The van der Waals surface area contributed by atoms with Crippen LogP contribution in [0.2, 0.25) is 0 Å². The molecule has 57 nitrogen and oxygen atoms in total. The van der Waals surface area contributed by atoms with E-state index in [0.29, 0.717) is 12.0 Å². The van der Waals surface area contributed by atoms with Gasteiger partial charge >= 0.3 is 11.9 Å². The van der Waals surface area contributed by atoms with Crippen molar-refractivity contribution in [1.29, 1.82) is 5.41 Å². The Labute approximate surface area is 859 Å². The highest BCUT2D eigenvalue weighted by molar-refractivity contribution is 6.03. The molecule has 23 atom stereocenters. The van der Waals surface area contributed by atoms with Crippen molar-refractivity contribution in [2.75, 3.05) is 32.7 Å². The molecule has 2 aliphatic heterocycles. The van der Waals surface area contributed by atoms with Gasteiger partial charge in [0.05, 0.1) is 50.3 Å². The third-order valence-corrected chi connectivity index (χ3v) is 24.6. The Hall–Kier alpha value is -14.9. The zero-order valence-electron chi connectivity index (χ0n) is 85.7. The largest absolute Gasteiger partial charge is 0.481 e. The molecule has 2 fully saturated rings. The van der Waals surface area contributed by atoms with Gasteiger partial charge in [0.1, 0.15) is 96.7 Å². The van der Waals surface area contributed by atoms with Gasteiger partial charge in [-0.15, -0.1) is 0 Å². The second kappa shape index (κ2) is 62.9. The number of carboxylic acid groups (broad SMARTS) is 2. The number of amides is 23. The van der Waals surface area contributed by atoms with Crippen molar-refractivity contribution in [1.82, 2.24) is 106 Å². The van der Waals surface area contributed by atoms with E-state index in [-0.39, 0.29) is 76.9 Å². The Morgan fingerprint density at radius 1 is 0.369 bits per heavy atom. The Kier molecular flexibility index (Phi) is 54.2. The van der Waals surface area contributed by atoms with Crippen molar-refractivity contribution < 1.29 is 145 Å². The summed E-state index contributed by atoms with van der Waals surface area (Å²) in [6.07, 6.45) is -9.67. The van der Waals surface area contributed by atoms with E-state index in [0.717, 1.165) is 37.5 Å². The predicted molar refractivity (Wildman–Crippen MR) is 526 cm³/mol. The van der Waals surface area contributed by atoms with E-state index in [9.17, 15) is 145 Å². The number of nitrogens with zero attached hydrogens (tertiary/aromatic N) is 2. The number of aliphatic hydroxyl groups is 3. The Morgan fingerprint density at radius 3 is 1.20 bits per heavy atom. The minimum absolute atomic E-state index is 0.00888. The van der Waals surface area contributed by atoms with E-state index < -0.39 is 363 Å². The van der Waals surface area contributed by atoms with Crippen LogP contribution in [0.25, 0.3) is 0 Å². The van der Waals surface area contributed by atoms with Crippen LogP contribution >= 0.6 is 0 Å². The summed E-state index contributed by atoms with van der Waals surface area (Å²) in [5, 5.41) is 101. The topological polar surface area (TPSA) is 931 Å². The first-order valence-corrected chi connectivity index (χ1v) is 48.9. The smallest absolute Gasteiger partial charge is 0.328 e. The lowest BCUT2D eigenvalue weighted by Crippen LogP contribution is -2.62. The van der Waals surface area contributed by atoms with E-state index in [2.05, 4.69) is 95.7 Å². The third-order valence-electron chi connectivity index (χ3n) is 24.6. The molecule has 0 saturated carbocycles. The molecule has 0 unspecified atom stereocenters. The van der Waals surface area contributed by atoms with Crippen LogP contribution in [0.5, 0.6) is 0 Å². The molecule has 0 radical (unpaired) electrons. The Balaban J connectivity index is 1.76. The molecule has 2 saturated heterocycles. The number of hydrogen-bond acceptors (Lipinski definition) is 30. The number of likely N-dealkylation sites (tertiary alicyclic amines) is 2. The van der Waals surface area contributed by atoms with Crippen molar-refractivity contribution in [2.24, 2.45) is 58.1 Å². The number of rotatable bonds is 65. The number of benzene rings is 1. The maximum absolute atomic E-state index is 14.5. The second-order valence-corrected chi connectivity index (χ2v) is 37.5. The van der Waals surface area contributed by atoms with Gasteiger partial charge in [0, 0.05) is 45.3 Å². The summed E-state index contributed by atoms with van der Waals surface area (Å²) < 4.78 is 0. The lowest BCUT2D eigenvalue weighted by molar-refractivity contribution is -0.145. The van der Waals surface area contributed by atoms with Crippen molar-refractivity contribution in [3.8, 4) is 0 Å². The number of aliphatic carboxylic acids is 2. The van der Waals surface area contributed by atoms with Gasteiger partial charge in [-0.3, -0.25) is 120 Å². The highest BCUT2D eigenvalue weighted by Crippen LogP contribution is 2.25. The summed E-state index contributed by atoms with van der Waals surface area (Å²) in [7, 11) is 0. The van der Waals surface area contributed by atoms with Gasteiger partial charge in [-0.25, -0.2) is 4.79 Å². The van der Waals surface area contributed by atoms with Crippen LogP contribution < -0.4 is 130 Å². The van der Waals surface area contributed by atoms with Crippen LogP contribution in [0, 0.1) is 29.1 Å². The molecule has 57 heteroatoms. The van der Waals surface area contributed by atoms with Crippen molar-refractivity contribution in [3.05, 3.63) is 35.9 Å². The van der Waals surface area contributed by atoms with Gasteiger partial charge in [0.25, 0.3) is 0 Å². The molecule has 36 N–H and O–H groups in total. The summed E-state index contributed by atoms with van der Waals surface area (Å²) in [6.45, 7) is 16.1. The third kappa shape index (κ3) is 43.6. The fraction of sp³-hybridized carbons (Fsp3) is 0.652.